The zero-order valence-electron chi connectivity index (χ0n) is 12.5. The summed E-state index contributed by atoms with van der Waals surface area (Å²) in [5.74, 6) is 1.65. The smallest absolute Gasteiger partial charge is 0.127 e. The molecule has 108 valence electrons. The number of benzene rings is 1. The molecule has 4 heteroatoms. The minimum Gasteiger partial charge on any atom is -0.497 e. The van der Waals surface area contributed by atoms with Crippen LogP contribution in [0.3, 0.4) is 0 Å². The largest absolute Gasteiger partial charge is 0.497 e. The molecule has 0 aliphatic heterocycles. The van der Waals surface area contributed by atoms with Crippen molar-refractivity contribution < 1.29 is 14.2 Å². The first-order chi connectivity index (χ1) is 9.12. The average molecular weight is 267 g/mol. The van der Waals surface area contributed by atoms with Gasteiger partial charge in [0.05, 0.1) is 14.2 Å². The van der Waals surface area contributed by atoms with Gasteiger partial charge in [0.2, 0.25) is 0 Å². The van der Waals surface area contributed by atoms with Crippen LogP contribution >= 0.6 is 0 Å². The first kappa shape index (κ1) is 15.8. The highest BCUT2D eigenvalue weighted by molar-refractivity contribution is 5.42. The van der Waals surface area contributed by atoms with Gasteiger partial charge in [-0.15, -0.1) is 0 Å². The maximum Gasteiger partial charge on any atom is 0.127 e. The minimum absolute atomic E-state index is 0.215. The lowest BCUT2D eigenvalue weighted by molar-refractivity contribution is 0.183. The van der Waals surface area contributed by atoms with E-state index >= 15 is 0 Å². The second kappa shape index (κ2) is 8.02. The normalized spacial score (nSPS) is 13.9. The van der Waals surface area contributed by atoms with Gasteiger partial charge >= 0.3 is 0 Å². The summed E-state index contributed by atoms with van der Waals surface area (Å²) in [5, 5.41) is 3.54. The fraction of sp³-hybridized carbons (Fsp3) is 0.600. The van der Waals surface area contributed by atoms with Gasteiger partial charge in [-0.2, -0.15) is 0 Å². The average Bonchev–Trinajstić information content (AvgIpc) is 2.44. The molecule has 1 aromatic rings. The summed E-state index contributed by atoms with van der Waals surface area (Å²) >= 11 is 0. The highest BCUT2D eigenvalue weighted by atomic mass is 16.5. The fourth-order valence-corrected chi connectivity index (χ4v) is 2.07. The van der Waals surface area contributed by atoms with Crippen LogP contribution in [0.5, 0.6) is 11.5 Å². The molecule has 2 atom stereocenters. The van der Waals surface area contributed by atoms with Gasteiger partial charge in [-0.25, -0.2) is 0 Å². The Morgan fingerprint density at radius 2 is 1.84 bits per heavy atom. The summed E-state index contributed by atoms with van der Waals surface area (Å²) in [6.07, 6.45) is 0.985. The molecule has 1 N–H and O–H groups in total. The van der Waals surface area contributed by atoms with Gasteiger partial charge < -0.3 is 19.5 Å². The van der Waals surface area contributed by atoms with E-state index in [0.29, 0.717) is 6.04 Å². The fourth-order valence-electron chi connectivity index (χ4n) is 2.07. The lowest BCUT2D eigenvalue weighted by atomic mass is 10.1. The number of nitrogens with one attached hydrogen (secondary N) is 1. The van der Waals surface area contributed by atoms with Crippen molar-refractivity contribution in [2.45, 2.75) is 32.4 Å². The third-order valence-corrected chi connectivity index (χ3v) is 3.20. The van der Waals surface area contributed by atoms with Gasteiger partial charge in [-0.05, 0) is 26.3 Å². The second-order valence-corrected chi connectivity index (χ2v) is 4.68. The number of hydrogen-bond acceptors (Lipinski definition) is 4. The standard InChI is InChI=1S/C15H25NO3/c1-11(8-9-17-3)16-12(2)14-7-6-13(18-4)10-15(14)19-5/h6-7,10-12,16H,8-9H2,1-5H3. The van der Waals surface area contributed by atoms with Crippen molar-refractivity contribution in [1.82, 2.24) is 5.32 Å². The Morgan fingerprint density at radius 3 is 2.42 bits per heavy atom. The molecule has 0 amide bonds. The van der Waals surface area contributed by atoms with Crippen molar-refractivity contribution >= 4 is 0 Å². The molecule has 0 radical (unpaired) electrons. The van der Waals surface area contributed by atoms with Crippen LogP contribution in [0.4, 0.5) is 0 Å². The van der Waals surface area contributed by atoms with Gasteiger partial charge in [-0.3, -0.25) is 0 Å². The molecule has 0 aromatic heterocycles. The van der Waals surface area contributed by atoms with Crippen LogP contribution in [-0.4, -0.2) is 34.0 Å². The van der Waals surface area contributed by atoms with E-state index in [-0.39, 0.29) is 6.04 Å². The molecule has 0 fully saturated rings. The van der Waals surface area contributed by atoms with E-state index in [2.05, 4.69) is 19.2 Å². The summed E-state index contributed by atoms with van der Waals surface area (Å²) in [7, 11) is 5.06. The van der Waals surface area contributed by atoms with Crippen LogP contribution in [0.25, 0.3) is 0 Å². The Balaban J connectivity index is 2.72. The highest BCUT2D eigenvalue weighted by Crippen LogP contribution is 2.29. The van der Waals surface area contributed by atoms with E-state index in [1.807, 2.05) is 18.2 Å². The molecule has 0 bridgehead atoms. The quantitative estimate of drug-likeness (QED) is 0.786. The minimum atomic E-state index is 0.215. The SMILES string of the molecule is COCCC(C)NC(C)c1ccc(OC)cc1OC. The zero-order valence-corrected chi connectivity index (χ0v) is 12.5. The molecular formula is C15H25NO3. The molecule has 2 unspecified atom stereocenters. The van der Waals surface area contributed by atoms with Crippen molar-refractivity contribution in [3.05, 3.63) is 23.8 Å². The van der Waals surface area contributed by atoms with Crippen LogP contribution in [0.2, 0.25) is 0 Å². The Bertz CT molecular complexity index is 382. The predicted molar refractivity (Wildman–Crippen MR) is 77.1 cm³/mol. The van der Waals surface area contributed by atoms with Crippen molar-refractivity contribution in [3.63, 3.8) is 0 Å². The highest BCUT2D eigenvalue weighted by Gasteiger charge is 2.14. The molecule has 0 saturated heterocycles. The van der Waals surface area contributed by atoms with E-state index in [4.69, 9.17) is 14.2 Å². The first-order valence-corrected chi connectivity index (χ1v) is 6.59. The Hall–Kier alpha value is -1.26. The predicted octanol–water partition coefficient (Wildman–Crippen LogP) is 2.78. The summed E-state index contributed by atoms with van der Waals surface area (Å²) < 4.78 is 15.7. The van der Waals surface area contributed by atoms with Gasteiger partial charge in [0.1, 0.15) is 11.5 Å². The second-order valence-electron chi connectivity index (χ2n) is 4.68. The summed E-state index contributed by atoms with van der Waals surface area (Å²) in [5.41, 5.74) is 1.13. The van der Waals surface area contributed by atoms with Gasteiger partial charge in [0.25, 0.3) is 0 Å². The first-order valence-electron chi connectivity index (χ1n) is 6.59. The van der Waals surface area contributed by atoms with Gasteiger partial charge in [-0.1, -0.05) is 6.07 Å². The number of rotatable bonds is 8. The van der Waals surface area contributed by atoms with Crippen LogP contribution in [-0.2, 0) is 4.74 Å². The van der Waals surface area contributed by atoms with E-state index in [9.17, 15) is 0 Å². The molecular weight excluding hydrogens is 242 g/mol. The van der Waals surface area contributed by atoms with Crippen molar-refractivity contribution in [1.29, 1.82) is 0 Å². The Morgan fingerprint density at radius 1 is 1.11 bits per heavy atom. The van der Waals surface area contributed by atoms with Gasteiger partial charge in [0.15, 0.2) is 0 Å². The Labute approximate surface area is 116 Å². The Kier molecular flexibility index (Phi) is 6.67. The van der Waals surface area contributed by atoms with E-state index in [1.54, 1.807) is 21.3 Å². The van der Waals surface area contributed by atoms with E-state index in [0.717, 1.165) is 30.1 Å². The summed E-state index contributed by atoms with van der Waals surface area (Å²) in [6, 6.07) is 6.51. The lowest BCUT2D eigenvalue weighted by Gasteiger charge is -2.22. The summed E-state index contributed by atoms with van der Waals surface area (Å²) in [6.45, 7) is 5.06. The van der Waals surface area contributed by atoms with Crippen molar-refractivity contribution in [3.8, 4) is 11.5 Å². The zero-order chi connectivity index (χ0) is 14.3. The van der Waals surface area contributed by atoms with Crippen molar-refractivity contribution in [2.75, 3.05) is 27.9 Å². The molecule has 1 rings (SSSR count). The van der Waals surface area contributed by atoms with E-state index in [1.165, 1.54) is 0 Å². The van der Waals surface area contributed by atoms with Gasteiger partial charge in [0, 0.05) is 37.4 Å². The van der Waals surface area contributed by atoms with Crippen LogP contribution in [0.1, 0.15) is 31.9 Å². The van der Waals surface area contributed by atoms with Crippen molar-refractivity contribution in [2.24, 2.45) is 0 Å². The third-order valence-electron chi connectivity index (χ3n) is 3.20. The number of methoxy groups -OCH3 is 3. The monoisotopic (exact) mass is 267 g/mol. The van der Waals surface area contributed by atoms with E-state index < -0.39 is 0 Å². The number of hydrogen-bond donors (Lipinski definition) is 1. The third kappa shape index (κ3) is 4.73. The topological polar surface area (TPSA) is 39.7 Å². The van der Waals surface area contributed by atoms with Crippen LogP contribution < -0.4 is 14.8 Å². The lowest BCUT2D eigenvalue weighted by Crippen LogP contribution is -2.30. The molecule has 19 heavy (non-hydrogen) atoms. The number of ether oxygens (including phenoxy) is 3. The molecule has 0 aliphatic carbocycles. The van der Waals surface area contributed by atoms with Crippen LogP contribution in [0, 0.1) is 0 Å². The molecule has 0 saturated carbocycles. The molecule has 1 aromatic carbocycles. The maximum absolute atomic E-state index is 5.43. The van der Waals surface area contributed by atoms with Crippen LogP contribution in [0.15, 0.2) is 18.2 Å². The molecule has 4 nitrogen and oxygen atoms in total. The molecule has 0 heterocycles. The maximum atomic E-state index is 5.43. The summed E-state index contributed by atoms with van der Waals surface area (Å²) in [4.78, 5) is 0. The molecule has 0 aliphatic rings. The molecule has 0 spiro atoms.